The van der Waals surface area contributed by atoms with E-state index in [-0.39, 0.29) is 6.04 Å². The molecule has 0 spiro atoms. The largest absolute Gasteiger partial charge is 0.493 e. The van der Waals surface area contributed by atoms with Gasteiger partial charge in [-0.1, -0.05) is 0 Å². The maximum absolute atomic E-state index is 10.6. The minimum absolute atomic E-state index is 0.144. The number of aromatic nitrogens is 4. The summed E-state index contributed by atoms with van der Waals surface area (Å²) in [4.78, 5) is 0. The van der Waals surface area contributed by atoms with Crippen molar-refractivity contribution in [1.82, 2.24) is 19.6 Å². The fourth-order valence-corrected chi connectivity index (χ4v) is 2.12. The Hall–Kier alpha value is -1.82. The van der Waals surface area contributed by atoms with Crippen LogP contribution in [-0.2, 0) is 7.05 Å². The van der Waals surface area contributed by atoms with Gasteiger partial charge >= 0.3 is 0 Å². The van der Waals surface area contributed by atoms with E-state index in [1.165, 1.54) is 0 Å². The topological polar surface area (TPSA) is 65.1 Å². The molecule has 0 bridgehead atoms. The second-order valence-electron chi connectivity index (χ2n) is 4.85. The SMILES string of the molecule is COc1cnn(C(C)C)c1C(O)c1cnn(C)c1C. The van der Waals surface area contributed by atoms with Crippen molar-refractivity contribution in [3.05, 3.63) is 29.3 Å². The molecule has 6 nitrogen and oxygen atoms in total. The van der Waals surface area contributed by atoms with Crippen molar-refractivity contribution in [3.8, 4) is 5.75 Å². The molecule has 0 radical (unpaired) electrons. The standard InChI is InChI=1S/C13H20N4O2/c1-8(2)17-12(11(19-5)7-15-17)13(18)10-6-14-16(4)9(10)3/h6-8,13,18H,1-5H3. The Morgan fingerprint density at radius 1 is 1.26 bits per heavy atom. The summed E-state index contributed by atoms with van der Waals surface area (Å²) in [5, 5.41) is 19.1. The summed E-state index contributed by atoms with van der Waals surface area (Å²) in [5.41, 5.74) is 2.35. The molecule has 0 amide bonds. The van der Waals surface area contributed by atoms with Gasteiger partial charge < -0.3 is 9.84 Å². The highest BCUT2D eigenvalue weighted by Crippen LogP contribution is 2.32. The first-order chi connectivity index (χ1) is 8.97. The number of aryl methyl sites for hydroxylation is 1. The molecular formula is C13H20N4O2. The smallest absolute Gasteiger partial charge is 0.163 e. The minimum atomic E-state index is -0.798. The normalized spacial score (nSPS) is 13.0. The quantitative estimate of drug-likeness (QED) is 0.911. The van der Waals surface area contributed by atoms with Gasteiger partial charge in [-0.05, 0) is 20.8 Å². The Kier molecular flexibility index (Phi) is 3.61. The highest BCUT2D eigenvalue weighted by molar-refractivity contribution is 5.35. The van der Waals surface area contributed by atoms with Crippen LogP contribution in [0, 0.1) is 6.92 Å². The Balaban J connectivity index is 2.51. The summed E-state index contributed by atoms with van der Waals surface area (Å²) in [6.45, 7) is 5.95. The predicted octanol–water partition coefficient (Wildman–Crippen LogP) is 1.60. The van der Waals surface area contributed by atoms with Gasteiger partial charge in [0.15, 0.2) is 5.75 Å². The Bertz CT molecular complexity index is 571. The van der Waals surface area contributed by atoms with E-state index in [1.807, 2.05) is 27.8 Å². The molecule has 1 N–H and O–H groups in total. The number of nitrogens with zero attached hydrogens (tertiary/aromatic N) is 4. The molecule has 1 unspecified atom stereocenters. The van der Waals surface area contributed by atoms with E-state index in [0.29, 0.717) is 11.4 Å². The minimum Gasteiger partial charge on any atom is -0.493 e. The molecule has 104 valence electrons. The average Bonchev–Trinajstić information content (AvgIpc) is 2.94. The van der Waals surface area contributed by atoms with Crippen LogP contribution in [0.1, 0.15) is 42.9 Å². The molecular weight excluding hydrogens is 244 g/mol. The van der Waals surface area contributed by atoms with Gasteiger partial charge in [-0.2, -0.15) is 10.2 Å². The number of hydrogen-bond acceptors (Lipinski definition) is 4. The molecule has 0 saturated carbocycles. The lowest BCUT2D eigenvalue weighted by Gasteiger charge is -2.17. The number of hydrogen-bond donors (Lipinski definition) is 1. The van der Waals surface area contributed by atoms with Crippen LogP contribution >= 0.6 is 0 Å². The van der Waals surface area contributed by atoms with Gasteiger partial charge in [-0.3, -0.25) is 9.36 Å². The van der Waals surface area contributed by atoms with Gasteiger partial charge in [-0.25, -0.2) is 0 Å². The zero-order chi connectivity index (χ0) is 14.2. The van der Waals surface area contributed by atoms with E-state index in [2.05, 4.69) is 10.2 Å². The third-order valence-corrected chi connectivity index (χ3v) is 3.33. The van der Waals surface area contributed by atoms with Crippen LogP contribution in [0.2, 0.25) is 0 Å². The van der Waals surface area contributed by atoms with Gasteiger partial charge in [0.2, 0.25) is 0 Å². The lowest BCUT2D eigenvalue weighted by atomic mass is 10.1. The van der Waals surface area contributed by atoms with Crippen LogP contribution < -0.4 is 4.74 Å². The molecule has 2 rings (SSSR count). The highest BCUT2D eigenvalue weighted by atomic mass is 16.5. The van der Waals surface area contributed by atoms with Crippen molar-refractivity contribution in [2.75, 3.05) is 7.11 Å². The molecule has 1 atom stereocenters. The second-order valence-corrected chi connectivity index (χ2v) is 4.85. The van der Waals surface area contributed by atoms with E-state index in [1.54, 1.807) is 28.9 Å². The zero-order valence-electron chi connectivity index (χ0n) is 12.0. The molecule has 2 aromatic heterocycles. The molecule has 0 aromatic carbocycles. The van der Waals surface area contributed by atoms with Crippen molar-refractivity contribution < 1.29 is 9.84 Å². The monoisotopic (exact) mass is 264 g/mol. The molecule has 0 aliphatic rings. The summed E-state index contributed by atoms with van der Waals surface area (Å²) < 4.78 is 8.81. The van der Waals surface area contributed by atoms with Crippen molar-refractivity contribution in [2.45, 2.75) is 32.9 Å². The van der Waals surface area contributed by atoms with Crippen LogP contribution in [0.25, 0.3) is 0 Å². The molecule has 0 saturated heterocycles. The van der Waals surface area contributed by atoms with Gasteiger partial charge in [-0.15, -0.1) is 0 Å². The number of aliphatic hydroxyl groups excluding tert-OH is 1. The van der Waals surface area contributed by atoms with E-state index < -0.39 is 6.10 Å². The van der Waals surface area contributed by atoms with Gasteiger partial charge in [0.1, 0.15) is 11.8 Å². The number of aliphatic hydroxyl groups is 1. The van der Waals surface area contributed by atoms with Gasteiger partial charge in [0, 0.05) is 24.3 Å². The van der Waals surface area contributed by atoms with Crippen LogP contribution in [0.3, 0.4) is 0 Å². The Labute approximate surface area is 112 Å². The number of ether oxygens (including phenoxy) is 1. The van der Waals surface area contributed by atoms with Crippen LogP contribution in [0.5, 0.6) is 5.75 Å². The Morgan fingerprint density at radius 2 is 1.95 bits per heavy atom. The van der Waals surface area contributed by atoms with Crippen LogP contribution in [0.4, 0.5) is 0 Å². The molecule has 0 fully saturated rings. The van der Waals surface area contributed by atoms with Crippen LogP contribution in [0.15, 0.2) is 12.4 Å². The predicted molar refractivity (Wildman–Crippen MR) is 71.2 cm³/mol. The van der Waals surface area contributed by atoms with Crippen LogP contribution in [-0.4, -0.2) is 31.8 Å². The molecule has 0 aliphatic heterocycles. The molecule has 6 heteroatoms. The first-order valence-corrected chi connectivity index (χ1v) is 6.25. The van der Waals surface area contributed by atoms with Gasteiger partial charge in [0.25, 0.3) is 0 Å². The lowest BCUT2D eigenvalue weighted by molar-refractivity contribution is 0.198. The first-order valence-electron chi connectivity index (χ1n) is 6.25. The zero-order valence-corrected chi connectivity index (χ0v) is 12.0. The van der Waals surface area contributed by atoms with Crippen molar-refractivity contribution in [1.29, 1.82) is 0 Å². The third kappa shape index (κ3) is 2.23. The maximum Gasteiger partial charge on any atom is 0.163 e. The summed E-state index contributed by atoms with van der Waals surface area (Å²) in [6.07, 6.45) is 2.51. The lowest BCUT2D eigenvalue weighted by Crippen LogP contribution is -2.13. The fourth-order valence-electron chi connectivity index (χ4n) is 2.12. The van der Waals surface area contributed by atoms with E-state index >= 15 is 0 Å². The maximum atomic E-state index is 10.6. The van der Waals surface area contributed by atoms with E-state index in [9.17, 15) is 5.11 Å². The number of methoxy groups -OCH3 is 1. The van der Waals surface area contributed by atoms with Gasteiger partial charge in [0.05, 0.1) is 19.5 Å². The van der Waals surface area contributed by atoms with Crippen molar-refractivity contribution in [2.24, 2.45) is 7.05 Å². The Morgan fingerprint density at radius 3 is 2.42 bits per heavy atom. The van der Waals surface area contributed by atoms with Crippen molar-refractivity contribution in [3.63, 3.8) is 0 Å². The second kappa shape index (κ2) is 5.05. The van der Waals surface area contributed by atoms with E-state index in [4.69, 9.17) is 4.74 Å². The molecule has 19 heavy (non-hydrogen) atoms. The fraction of sp³-hybridized carbons (Fsp3) is 0.538. The molecule has 2 heterocycles. The first kappa shape index (κ1) is 13.6. The molecule has 0 aliphatic carbocycles. The highest BCUT2D eigenvalue weighted by Gasteiger charge is 2.25. The summed E-state index contributed by atoms with van der Waals surface area (Å²) in [6, 6.07) is 0.144. The summed E-state index contributed by atoms with van der Waals surface area (Å²) in [5.74, 6) is 0.587. The molecule has 2 aromatic rings. The summed E-state index contributed by atoms with van der Waals surface area (Å²) in [7, 11) is 3.43. The third-order valence-electron chi connectivity index (χ3n) is 3.33. The number of rotatable bonds is 4. The van der Waals surface area contributed by atoms with E-state index in [0.717, 1.165) is 11.3 Å². The summed E-state index contributed by atoms with van der Waals surface area (Å²) >= 11 is 0. The van der Waals surface area contributed by atoms with Crippen molar-refractivity contribution >= 4 is 0 Å². The average molecular weight is 264 g/mol.